The summed E-state index contributed by atoms with van der Waals surface area (Å²) in [5.74, 6) is -0.513. The van der Waals surface area contributed by atoms with Gasteiger partial charge in [-0.1, -0.05) is 104 Å². The third kappa shape index (κ3) is 5.50. The number of hydrogen-bond donors (Lipinski definition) is 2. The third-order valence-corrected chi connectivity index (χ3v) is 7.92. The van der Waals surface area contributed by atoms with Crippen LogP contribution in [0.25, 0.3) is 0 Å². The first-order chi connectivity index (χ1) is 17.5. The fourth-order valence-electron chi connectivity index (χ4n) is 4.11. The van der Waals surface area contributed by atoms with Crippen LogP contribution in [0.5, 0.6) is 0 Å². The van der Waals surface area contributed by atoms with Crippen molar-refractivity contribution in [2.75, 3.05) is 6.54 Å². The average molecular weight is 514 g/mol. The summed E-state index contributed by atoms with van der Waals surface area (Å²) in [6.45, 7) is -1.00. The molecule has 0 saturated carbocycles. The number of alkyl halides is 2. The summed E-state index contributed by atoms with van der Waals surface area (Å²) < 4.78 is 37.6. The van der Waals surface area contributed by atoms with Crippen LogP contribution in [0.1, 0.15) is 36.5 Å². The largest absolute Gasteiger partial charge is 0.380 e. The molecule has 1 aliphatic heterocycles. The van der Waals surface area contributed by atoms with Crippen molar-refractivity contribution in [3.05, 3.63) is 119 Å². The van der Waals surface area contributed by atoms with Crippen molar-refractivity contribution >= 4 is 16.7 Å². The highest BCUT2D eigenvalue weighted by atomic mass is 32.3. The van der Waals surface area contributed by atoms with Crippen LogP contribution < -0.4 is 10.1 Å². The van der Waals surface area contributed by atoms with Gasteiger partial charge in [-0.2, -0.15) is 14.2 Å². The summed E-state index contributed by atoms with van der Waals surface area (Å²) in [6, 6.07) is 28.4. The van der Waals surface area contributed by atoms with Gasteiger partial charge in [-0.3, -0.25) is 4.79 Å². The van der Waals surface area contributed by atoms with E-state index in [0.29, 0.717) is 13.0 Å². The molecule has 0 saturated heterocycles. The lowest BCUT2D eigenvalue weighted by Gasteiger charge is -2.47. The van der Waals surface area contributed by atoms with E-state index in [1.54, 1.807) is 11.5 Å². The Morgan fingerprint density at radius 3 is 1.86 bits per heavy atom. The number of rotatable bonds is 11. The van der Waals surface area contributed by atoms with Crippen LogP contribution in [0.2, 0.25) is 0 Å². The normalized spacial score (nSPS) is 19.4. The Balaban J connectivity index is 1.92. The smallest absolute Gasteiger partial charge is 0.362 e. The van der Waals surface area contributed by atoms with Gasteiger partial charge in [0.05, 0.1) is 10.7 Å². The Morgan fingerprint density at radius 1 is 0.972 bits per heavy atom. The Bertz CT molecular complexity index is 1060. The molecule has 2 N–H and O–H groups in total. The van der Waals surface area contributed by atoms with Gasteiger partial charge in [-0.05, 0) is 27.7 Å². The second kappa shape index (κ2) is 11.8. The van der Waals surface area contributed by atoms with Crippen LogP contribution >= 0.6 is 10.7 Å². The van der Waals surface area contributed by atoms with Crippen molar-refractivity contribution in [1.82, 2.24) is 14.7 Å². The predicted molar refractivity (Wildman–Crippen MR) is 137 cm³/mol. The molecule has 0 aromatic heterocycles. The van der Waals surface area contributed by atoms with Gasteiger partial charge in [0.1, 0.15) is 5.54 Å². The first-order valence-corrected chi connectivity index (χ1v) is 13.2. The van der Waals surface area contributed by atoms with Gasteiger partial charge < -0.3 is 4.18 Å². The summed E-state index contributed by atoms with van der Waals surface area (Å²) in [5, 5.41) is 1.58. The van der Waals surface area contributed by atoms with Crippen LogP contribution in [0.15, 0.2) is 102 Å². The van der Waals surface area contributed by atoms with Crippen molar-refractivity contribution in [2.45, 2.75) is 31.9 Å². The molecule has 9 heteroatoms. The molecule has 3 aromatic carbocycles. The lowest BCUT2D eigenvalue weighted by molar-refractivity contribution is -0.265. The van der Waals surface area contributed by atoms with Crippen LogP contribution in [0.4, 0.5) is 8.78 Å². The van der Waals surface area contributed by atoms with Crippen molar-refractivity contribution in [1.29, 1.82) is 0 Å². The molecule has 0 radical (unpaired) electrons. The van der Waals surface area contributed by atoms with E-state index in [4.69, 9.17) is 9.02 Å². The van der Waals surface area contributed by atoms with Crippen LogP contribution in [-0.2, 0) is 19.4 Å². The first-order valence-electron chi connectivity index (χ1n) is 11.7. The van der Waals surface area contributed by atoms with Gasteiger partial charge in [0.15, 0.2) is 0 Å². The van der Waals surface area contributed by atoms with Crippen molar-refractivity contribution in [3.63, 3.8) is 0 Å². The van der Waals surface area contributed by atoms with Gasteiger partial charge in [0.25, 0.3) is 0 Å². The molecule has 36 heavy (non-hydrogen) atoms. The number of halogens is 2. The minimum atomic E-state index is -3.18. The maximum atomic E-state index is 13.9. The molecule has 3 aromatic rings. The number of nitrogens with zero attached hydrogens (tertiary/aromatic N) is 1. The molecule has 190 valence electrons. The molecular weight excluding hydrogens is 484 g/mol. The van der Waals surface area contributed by atoms with E-state index >= 15 is 0 Å². The SMILES string of the molecule is CCCC(=O)OS1(N(NC(c2ccccc2)(c2ccccc2)c2ccccc2)OC(F)F)C=CCN1. The summed E-state index contributed by atoms with van der Waals surface area (Å²) in [6.07, 6.45) is 2.43. The lowest BCUT2D eigenvalue weighted by Crippen LogP contribution is -2.56. The molecule has 0 bridgehead atoms. The second-order valence-corrected chi connectivity index (χ2v) is 10.3. The Kier molecular flexibility index (Phi) is 8.50. The number of hydrogen-bond acceptors (Lipinski definition) is 6. The fraction of sp³-hybridized carbons (Fsp3) is 0.222. The maximum absolute atomic E-state index is 13.9. The Labute approximate surface area is 211 Å². The molecule has 1 atom stereocenters. The summed E-state index contributed by atoms with van der Waals surface area (Å²) in [4.78, 5) is 17.7. The average Bonchev–Trinajstić information content (AvgIpc) is 3.37. The van der Waals surface area contributed by atoms with Crippen LogP contribution in [-0.4, -0.2) is 23.7 Å². The highest BCUT2D eigenvalue weighted by Gasteiger charge is 2.46. The molecule has 0 amide bonds. The summed E-state index contributed by atoms with van der Waals surface area (Å²) in [7, 11) is -2.94. The molecule has 0 spiro atoms. The van der Waals surface area contributed by atoms with Gasteiger partial charge in [0.2, 0.25) is 0 Å². The summed E-state index contributed by atoms with van der Waals surface area (Å²) >= 11 is 0. The van der Waals surface area contributed by atoms with Crippen LogP contribution in [0, 0.1) is 0 Å². The minimum Gasteiger partial charge on any atom is -0.380 e. The number of nitrogens with one attached hydrogen (secondary N) is 2. The molecule has 0 fully saturated rings. The van der Waals surface area contributed by atoms with Gasteiger partial charge >= 0.3 is 12.6 Å². The minimum absolute atomic E-state index is 0.147. The topological polar surface area (TPSA) is 62.8 Å². The summed E-state index contributed by atoms with van der Waals surface area (Å²) in [5.41, 5.74) is 4.42. The number of carbonyl (C=O) groups is 1. The quantitative estimate of drug-likeness (QED) is 0.244. The zero-order valence-electron chi connectivity index (χ0n) is 19.8. The highest BCUT2D eigenvalue weighted by molar-refractivity contribution is 8.29. The maximum Gasteiger partial charge on any atom is 0.362 e. The van der Waals surface area contributed by atoms with Crippen molar-refractivity contribution in [2.24, 2.45) is 0 Å². The van der Waals surface area contributed by atoms with Gasteiger partial charge in [-0.25, -0.2) is 9.56 Å². The van der Waals surface area contributed by atoms with E-state index in [0.717, 1.165) is 21.3 Å². The first kappa shape index (κ1) is 26.0. The predicted octanol–water partition coefficient (Wildman–Crippen LogP) is 5.95. The number of carbonyl (C=O) groups excluding carboxylic acids is 1. The molecule has 1 heterocycles. The van der Waals surface area contributed by atoms with Crippen molar-refractivity contribution < 1.29 is 22.6 Å². The van der Waals surface area contributed by atoms with E-state index in [1.165, 1.54) is 0 Å². The number of hydrazine groups is 1. The van der Waals surface area contributed by atoms with E-state index < -0.39 is 28.8 Å². The van der Waals surface area contributed by atoms with Crippen LogP contribution in [0.3, 0.4) is 0 Å². The molecule has 4 rings (SSSR count). The van der Waals surface area contributed by atoms with Crippen molar-refractivity contribution in [3.8, 4) is 0 Å². The molecular formula is C27H29F2N3O3S. The lowest BCUT2D eigenvalue weighted by atomic mass is 9.77. The zero-order valence-corrected chi connectivity index (χ0v) is 20.7. The van der Waals surface area contributed by atoms with E-state index in [-0.39, 0.29) is 6.42 Å². The molecule has 6 nitrogen and oxygen atoms in total. The Hall–Kier alpha value is -3.08. The Morgan fingerprint density at radius 2 is 1.47 bits per heavy atom. The molecule has 1 unspecified atom stereocenters. The second-order valence-electron chi connectivity index (χ2n) is 8.08. The zero-order chi connectivity index (χ0) is 25.4. The fourth-order valence-corrected chi connectivity index (χ4v) is 6.14. The van der Waals surface area contributed by atoms with E-state index in [1.807, 2.05) is 97.9 Å². The van der Waals surface area contributed by atoms with E-state index in [2.05, 4.69) is 10.1 Å². The number of benzene rings is 3. The van der Waals surface area contributed by atoms with Gasteiger partial charge in [0, 0.05) is 18.4 Å². The highest BCUT2D eigenvalue weighted by Crippen LogP contribution is 2.54. The monoisotopic (exact) mass is 513 g/mol. The molecule has 0 aliphatic carbocycles. The van der Waals surface area contributed by atoms with E-state index in [9.17, 15) is 13.6 Å². The standard InChI is InChI=1S/C27H29F2N3O3S/c1-2-13-25(33)35-36(21-12-20-30-36)32(34-26(28)29)31-27(22-14-6-3-7-15-22,23-16-8-4-9-17-23)24-18-10-5-11-19-24/h3-12,14-19,21,26,30-31H,2,13,20H2,1H3. The molecule has 1 aliphatic rings. The van der Waals surface area contributed by atoms with Gasteiger partial charge in [-0.15, -0.1) is 0 Å². The third-order valence-electron chi connectivity index (χ3n) is 5.66.